The fourth-order valence-corrected chi connectivity index (χ4v) is 3.26. The molecule has 1 saturated heterocycles. The summed E-state index contributed by atoms with van der Waals surface area (Å²) in [5.74, 6) is 1.90. The molecule has 0 radical (unpaired) electrons. The van der Waals surface area contributed by atoms with Crippen molar-refractivity contribution in [1.29, 1.82) is 0 Å². The molecule has 1 N–H and O–H groups in total. The Morgan fingerprint density at radius 2 is 1.93 bits per heavy atom. The van der Waals surface area contributed by atoms with Gasteiger partial charge in [-0.3, -0.25) is 4.99 Å². The normalized spacial score (nSPS) is 16.0. The Morgan fingerprint density at radius 1 is 1.22 bits per heavy atom. The second-order valence-electron chi connectivity index (χ2n) is 7.19. The zero-order valence-electron chi connectivity index (χ0n) is 17.4. The maximum atomic E-state index is 5.79. The summed E-state index contributed by atoms with van der Waals surface area (Å²) in [5, 5.41) is 3.48. The maximum Gasteiger partial charge on any atom is 0.193 e. The van der Waals surface area contributed by atoms with Crippen molar-refractivity contribution in [2.75, 3.05) is 54.0 Å². The number of hydrogen-bond donors (Lipinski definition) is 1. The van der Waals surface area contributed by atoms with E-state index in [2.05, 4.69) is 53.3 Å². The van der Waals surface area contributed by atoms with Crippen molar-refractivity contribution in [2.24, 2.45) is 4.99 Å². The quantitative estimate of drug-likeness (QED) is 0.408. The van der Waals surface area contributed by atoms with E-state index in [-0.39, 0.29) is 0 Å². The number of guanidine groups is 1. The molecule has 1 aliphatic heterocycles. The van der Waals surface area contributed by atoms with E-state index in [1.165, 1.54) is 5.56 Å². The van der Waals surface area contributed by atoms with Crippen molar-refractivity contribution in [1.82, 2.24) is 15.1 Å². The zero-order chi connectivity index (χ0) is 19.5. The van der Waals surface area contributed by atoms with Crippen LogP contribution in [0, 0.1) is 0 Å². The van der Waals surface area contributed by atoms with Crippen molar-refractivity contribution in [3.05, 3.63) is 29.8 Å². The average Bonchev–Trinajstić information content (AvgIpc) is 2.68. The maximum absolute atomic E-state index is 5.79. The van der Waals surface area contributed by atoms with Gasteiger partial charge in [-0.1, -0.05) is 12.1 Å². The predicted molar refractivity (Wildman–Crippen MR) is 112 cm³/mol. The summed E-state index contributed by atoms with van der Waals surface area (Å²) in [6.45, 7) is 7.40. The van der Waals surface area contributed by atoms with Gasteiger partial charge in [0, 0.05) is 39.8 Å². The minimum absolute atomic E-state index is 0.398. The summed E-state index contributed by atoms with van der Waals surface area (Å²) >= 11 is 0. The van der Waals surface area contributed by atoms with E-state index in [1.54, 1.807) is 0 Å². The fourth-order valence-electron chi connectivity index (χ4n) is 3.26. The summed E-state index contributed by atoms with van der Waals surface area (Å²) in [6.07, 6.45) is 3.56. The van der Waals surface area contributed by atoms with Gasteiger partial charge >= 0.3 is 0 Å². The van der Waals surface area contributed by atoms with Crippen LogP contribution < -0.4 is 10.1 Å². The standard InChI is InChI=1S/C21H36N4O2/c1-5-26-20-11-14-25(15-12-20)21(22-2)23-17-18-7-9-19(10-8-18)27-16-6-13-24(3)4/h7-10,20H,5-6,11-17H2,1-4H3,(H,22,23). The highest BCUT2D eigenvalue weighted by Gasteiger charge is 2.21. The highest BCUT2D eigenvalue weighted by molar-refractivity contribution is 5.79. The first-order valence-corrected chi connectivity index (χ1v) is 10.1. The summed E-state index contributed by atoms with van der Waals surface area (Å²) in [4.78, 5) is 8.93. The molecule has 2 rings (SSSR count). The van der Waals surface area contributed by atoms with Gasteiger partial charge in [0.05, 0.1) is 12.7 Å². The van der Waals surface area contributed by atoms with Crippen molar-refractivity contribution in [3.63, 3.8) is 0 Å². The van der Waals surface area contributed by atoms with Gasteiger partial charge in [0.2, 0.25) is 0 Å². The summed E-state index contributed by atoms with van der Waals surface area (Å²) in [7, 11) is 6.01. The van der Waals surface area contributed by atoms with Gasteiger partial charge in [-0.05, 0) is 58.0 Å². The van der Waals surface area contributed by atoms with Crippen LogP contribution in [-0.4, -0.2) is 75.9 Å². The van der Waals surface area contributed by atoms with Crippen LogP contribution >= 0.6 is 0 Å². The Labute approximate surface area is 164 Å². The number of piperidine rings is 1. The second kappa shape index (κ2) is 11.8. The van der Waals surface area contributed by atoms with E-state index >= 15 is 0 Å². The lowest BCUT2D eigenvalue weighted by Gasteiger charge is -2.34. The molecule has 0 aromatic heterocycles. The number of likely N-dealkylation sites (tertiary alicyclic amines) is 1. The number of aliphatic imine (C=N–C) groups is 1. The highest BCUT2D eigenvalue weighted by Crippen LogP contribution is 2.15. The van der Waals surface area contributed by atoms with Crippen LogP contribution in [0.25, 0.3) is 0 Å². The monoisotopic (exact) mass is 376 g/mol. The highest BCUT2D eigenvalue weighted by atomic mass is 16.5. The lowest BCUT2D eigenvalue weighted by molar-refractivity contribution is 0.0263. The Bertz CT molecular complexity index is 552. The zero-order valence-corrected chi connectivity index (χ0v) is 17.4. The Balaban J connectivity index is 1.73. The largest absolute Gasteiger partial charge is 0.494 e. The molecule has 0 bridgehead atoms. The second-order valence-corrected chi connectivity index (χ2v) is 7.19. The number of nitrogens with one attached hydrogen (secondary N) is 1. The molecule has 1 aliphatic rings. The summed E-state index contributed by atoms with van der Waals surface area (Å²) < 4.78 is 11.5. The molecule has 0 aliphatic carbocycles. The molecular formula is C21H36N4O2. The first-order chi connectivity index (χ1) is 13.1. The number of nitrogens with zero attached hydrogens (tertiary/aromatic N) is 3. The number of hydrogen-bond acceptors (Lipinski definition) is 4. The third-order valence-corrected chi connectivity index (χ3v) is 4.75. The minimum Gasteiger partial charge on any atom is -0.494 e. The van der Waals surface area contributed by atoms with Gasteiger partial charge in [0.15, 0.2) is 5.96 Å². The van der Waals surface area contributed by atoms with Crippen molar-refractivity contribution < 1.29 is 9.47 Å². The summed E-state index contributed by atoms with van der Waals surface area (Å²) in [6, 6.07) is 8.32. The SMILES string of the molecule is CCOC1CCN(C(=NC)NCc2ccc(OCCCN(C)C)cc2)CC1. The first kappa shape index (κ1) is 21.5. The lowest BCUT2D eigenvalue weighted by atomic mass is 10.1. The summed E-state index contributed by atoms with van der Waals surface area (Å²) in [5.41, 5.74) is 1.22. The molecule has 0 saturated carbocycles. The predicted octanol–water partition coefficient (Wildman–Crippen LogP) is 2.59. The number of rotatable bonds is 9. The van der Waals surface area contributed by atoms with Crippen LogP contribution in [0.1, 0.15) is 31.7 Å². The molecule has 152 valence electrons. The Hall–Kier alpha value is -1.79. The van der Waals surface area contributed by atoms with E-state index in [1.807, 2.05) is 19.2 Å². The lowest BCUT2D eigenvalue weighted by Crippen LogP contribution is -2.46. The molecule has 0 spiro atoms. The topological polar surface area (TPSA) is 49.3 Å². The third-order valence-electron chi connectivity index (χ3n) is 4.75. The minimum atomic E-state index is 0.398. The van der Waals surface area contributed by atoms with E-state index in [9.17, 15) is 0 Å². The van der Waals surface area contributed by atoms with Crippen LogP contribution in [0.2, 0.25) is 0 Å². The van der Waals surface area contributed by atoms with Gasteiger partial charge in [-0.15, -0.1) is 0 Å². The smallest absolute Gasteiger partial charge is 0.193 e. The molecule has 1 fully saturated rings. The van der Waals surface area contributed by atoms with E-state index in [0.29, 0.717) is 6.10 Å². The number of ether oxygens (including phenoxy) is 2. The first-order valence-electron chi connectivity index (χ1n) is 10.1. The van der Waals surface area contributed by atoms with Crippen molar-refractivity contribution >= 4 is 5.96 Å². The molecule has 0 atom stereocenters. The molecule has 27 heavy (non-hydrogen) atoms. The van der Waals surface area contributed by atoms with Gasteiger partial charge in [0.1, 0.15) is 5.75 Å². The van der Waals surface area contributed by atoms with Crippen LogP contribution in [0.15, 0.2) is 29.3 Å². The van der Waals surface area contributed by atoms with Gasteiger partial charge in [-0.25, -0.2) is 0 Å². The Morgan fingerprint density at radius 3 is 2.52 bits per heavy atom. The van der Waals surface area contributed by atoms with E-state index < -0.39 is 0 Å². The third kappa shape index (κ3) is 7.77. The molecule has 0 amide bonds. The fraction of sp³-hybridized carbons (Fsp3) is 0.667. The molecular weight excluding hydrogens is 340 g/mol. The van der Waals surface area contributed by atoms with Crippen LogP contribution in [0.5, 0.6) is 5.75 Å². The van der Waals surface area contributed by atoms with Crippen molar-refractivity contribution in [3.8, 4) is 5.75 Å². The van der Waals surface area contributed by atoms with Crippen molar-refractivity contribution in [2.45, 2.75) is 38.8 Å². The molecule has 6 nitrogen and oxygen atoms in total. The molecule has 1 heterocycles. The van der Waals surface area contributed by atoms with Crippen LogP contribution in [0.4, 0.5) is 0 Å². The van der Waals surface area contributed by atoms with E-state index in [0.717, 1.165) is 70.4 Å². The van der Waals surface area contributed by atoms with Gasteiger partial charge in [-0.2, -0.15) is 0 Å². The average molecular weight is 377 g/mol. The van der Waals surface area contributed by atoms with Crippen LogP contribution in [0.3, 0.4) is 0 Å². The van der Waals surface area contributed by atoms with Gasteiger partial charge in [0.25, 0.3) is 0 Å². The molecule has 1 aromatic carbocycles. The van der Waals surface area contributed by atoms with Crippen LogP contribution in [-0.2, 0) is 11.3 Å². The number of benzene rings is 1. The molecule has 1 aromatic rings. The van der Waals surface area contributed by atoms with E-state index in [4.69, 9.17) is 9.47 Å². The Kier molecular flexibility index (Phi) is 9.42. The molecule has 6 heteroatoms. The van der Waals surface area contributed by atoms with Gasteiger partial charge < -0.3 is 24.6 Å². The molecule has 0 unspecified atom stereocenters.